The summed E-state index contributed by atoms with van der Waals surface area (Å²) in [7, 11) is 0. The van der Waals surface area contributed by atoms with Crippen LogP contribution in [-0.2, 0) is 19.0 Å². The van der Waals surface area contributed by atoms with Gasteiger partial charge in [-0.2, -0.15) is 0 Å². The second kappa shape index (κ2) is 9.32. The van der Waals surface area contributed by atoms with E-state index >= 15 is 0 Å². The number of ether oxygens (including phenoxy) is 3. The maximum Gasteiger partial charge on any atom is 0.328 e. The molecule has 0 amide bonds. The third-order valence-electron chi connectivity index (χ3n) is 2.64. The molecule has 0 aliphatic heterocycles. The Morgan fingerprint density at radius 3 is 2.25 bits per heavy atom. The van der Waals surface area contributed by atoms with E-state index in [4.69, 9.17) is 14.2 Å². The van der Waals surface area contributed by atoms with Crippen molar-refractivity contribution >= 4 is 5.97 Å². The van der Waals surface area contributed by atoms with E-state index in [2.05, 4.69) is 12.2 Å². The Morgan fingerprint density at radius 2 is 1.75 bits per heavy atom. The molecule has 0 spiro atoms. The summed E-state index contributed by atoms with van der Waals surface area (Å²) in [4.78, 5) is 12.0. The molecule has 0 aromatic heterocycles. The molecular formula is C15H31NO4. The normalized spacial score (nSPS) is 14.9. The Labute approximate surface area is 123 Å². The van der Waals surface area contributed by atoms with Crippen LogP contribution in [0.3, 0.4) is 0 Å². The minimum atomic E-state index is -0.798. The van der Waals surface area contributed by atoms with Crippen molar-refractivity contribution in [2.45, 2.75) is 59.1 Å². The number of rotatable bonds is 10. The Hall–Kier alpha value is -0.650. The zero-order valence-corrected chi connectivity index (χ0v) is 13.9. The molecule has 0 saturated heterocycles. The first-order valence-electron chi connectivity index (χ1n) is 7.39. The number of esters is 1. The van der Waals surface area contributed by atoms with Gasteiger partial charge in [-0.1, -0.05) is 6.92 Å². The van der Waals surface area contributed by atoms with Crippen LogP contribution in [0.2, 0.25) is 0 Å². The molecule has 0 aliphatic rings. The molecule has 5 heteroatoms. The van der Waals surface area contributed by atoms with Gasteiger partial charge in [0.15, 0.2) is 0 Å². The van der Waals surface area contributed by atoms with Crippen LogP contribution in [0.25, 0.3) is 0 Å². The van der Waals surface area contributed by atoms with Gasteiger partial charge in [-0.25, -0.2) is 4.79 Å². The first-order chi connectivity index (χ1) is 9.25. The summed E-state index contributed by atoms with van der Waals surface area (Å²) in [6.07, 6.45) is 0.947. The van der Waals surface area contributed by atoms with Crippen LogP contribution >= 0.6 is 0 Å². The highest BCUT2D eigenvalue weighted by Crippen LogP contribution is 2.09. The minimum absolute atomic E-state index is 0.172. The first-order valence-corrected chi connectivity index (χ1v) is 7.39. The molecule has 1 unspecified atom stereocenters. The van der Waals surface area contributed by atoms with Gasteiger partial charge in [0.25, 0.3) is 0 Å². The Morgan fingerprint density at radius 1 is 1.10 bits per heavy atom. The maximum absolute atomic E-state index is 12.0. The number of carbonyl (C=O) groups excluding carboxylic acids is 1. The predicted molar refractivity (Wildman–Crippen MR) is 79.9 cm³/mol. The average molecular weight is 289 g/mol. The van der Waals surface area contributed by atoms with Gasteiger partial charge in [-0.3, -0.25) is 0 Å². The second-order valence-electron chi connectivity index (χ2n) is 5.99. The van der Waals surface area contributed by atoms with Crippen LogP contribution in [-0.4, -0.2) is 50.1 Å². The lowest BCUT2D eigenvalue weighted by molar-refractivity contribution is -0.153. The van der Waals surface area contributed by atoms with Gasteiger partial charge < -0.3 is 19.5 Å². The van der Waals surface area contributed by atoms with Crippen molar-refractivity contribution in [3.8, 4) is 0 Å². The Kier molecular flexibility index (Phi) is 9.01. The SMILES string of the molecule is CCCNC(C)(COCCOC(C)(C)C)C(=O)OCC. The van der Waals surface area contributed by atoms with E-state index in [-0.39, 0.29) is 18.2 Å². The van der Waals surface area contributed by atoms with Gasteiger partial charge in [0.05, 0.1) is 32.0 Å². The Balaban J connectivity index is 4.19. The first kappa shape index (κ1) is 19.4. The van der Waals surface area contributed by atoms with Crippen molar-refractivity contribution in [1.29, 1.82) is 0 Å². The molecule has 0 aliphatic carbocycles. The van der Waals surface area contributed by atoms with Crippen molar-refractivity contribution < 1.29 is 19.0 Å². The highest BCUT2D eigenvalue weighted by Gasteiger charge is 2.34. The molecule has 0 rings (SSSR count). The lowest BCUT2D eigenvalue weighted by atomic mass is 10.0. The molecule has 0 fully saturated rings. The summed E-state index contributed by atoms with van der Waals surface area (Å²) in [5.41, 5.74) is -0.970. The molecule has 0 bridgehead atoms. The third-order valence-corrected chi connectivity index (χ3v) is 2.64. The number of hydrogen-bond acceptors (Lipinski definition) is 5. The predicted octanol–water partition coefficient (Wildman–Crippen LogP) is 2.14. The lowest BCUT2D eigenvalue weighted by Crippen LogP contribution is -2.54. The summed E-state index contributed by atoms with van der Waals surface area (Å²) < 4.78 is 16.2. The zero-order valence-electron chi connectivity index (χ0n) is 13.9. The van der Waals surface area contributed by atoms with Crippen LogP contribution in [0.5, 0.6) is 0 Å². The summed E-state index contributed by atoms with van der Waals surface area (Å²) >= 11 is 0. The summed E-state index contributed by atoms with van der Waals surface area (Å²) in [5, 5.41) is 3.20. The van der Waals surface area contributed by atoms with Gasteiger partial charge in [0.1, 0.15) is 5.54 Å². The number of nitrogens with one attached hydrogen (secondary N) is 1. The second-order valence-corrected chi connectivity index (χ2v) is 5.99. The van der Waals surface area contributed by atoms with Gasteiger partial charge in [0, 0.05) is 0 Å². The summed E-state index contributed by atoms with van der Waals surface area (Å²) in [5.74, 6) is -0.273. The van der Waals surface area contributed by atoms with E-state index in [0.717, 1.165) is 13.0 Å². The minimum Gasteiger partial charge on any atom is -0.465 e. The fourth-order valence-corrected chi connectivity index (χ4v) is 1.56. The van der Waals surface area contributed by atoms with Gasteiger partial charge >= 0.3 is 5.97 Å². The van der Waals surface area contributed by atoms with Crippen LogP contribution < -0.4 is 5.32 Å². The lowest BCUT2D eigenvalue weighted by Gasteiger charge is -2.28. The van der Waals surface area contributed by atoms with E-state index in [1.165, 1.54) is 0 Å². The maximum atomic E-state index is 12.0. The quantitative estimate of drug-likeness (QED) is 0.493. The molecule has 0 heterocycles. The summed E-state index contributed by atoms with van der Waals surface area (Å²) in [6, 6.07) is 0. The number of carbonyl (C=O) groups is 1. The van der Waals surface area contributed by atoms with E-state index in [1.807, 2.05) is 27.7 Å². The van der Waals surface area contributed by atoms with Crippen molar-refractivity contribution in [3.63, 3.8) is 0 Å². The van der Waals surface area contributed by atoms with E-state index in [1.54, 1.807) is 6.92 Å². The van der Waals surface area contributed by atoms with E-state index in [9.17, 15) is 4.79 Å². The van der Waals surface area contributed by atoms with E-state index < -0.39 is 5.54 Å². The van der Waals surface area contributed by atoms with Crippen molar-refractivity contribution in [2.75, 3.05) is 33.0 Å². The fraction of sp³-hybridized carbons (Fsp3) is 0.933. The molecule has 1 N–H and O–H groups in total. The molecule has 5 nitrogen and oxygen atoms in total. The average Bonchev–Trinajstić information content (AvgIpc) is 2.35. The van der Waals surface area contributed by atoms with Gasteiger partial charge in [-0.05, 0) is 47.6 Å². The highest BCUT2D eigenvalue weighted by molar-refractivity contribution is 5.80. The third kappa shape index (κ3) is 8.51. The molecule has 20 heavy (non-hydrogen) atoms. The topological polar surface area (TPSA) is 56.8 Å². The van der Waals surface area contributed by atoms with Crippen molar-refractivity contribution in [1.82, 2.24) is 5.32 Å². The molecular weight excluding hydrogens is 258 g/mol. The largest absolute Gasteiger partial charge is 0.465 e. The molecule has 0 aromatic carbocycles. The standard InChI is InChI=1S/C15H31NO4/c1-7-9-16-15(6,13(17)19-8-2)12-18-10-11-20-14(3,4)5/h16H,7-12H2,1-6H3. The van der Waals surface area contributed by atoms with Crippen molar-refractivity contribution in [2.24, 2.45) is 0 Å². The van der Waals surface area contributed by atoms with Crippen LogP contribution in [0.15, 0.2) is 0 Å². The van der Waals surface area contributed by atoms with Crippen molar-refractivity contribution in [3.05, 3.63) is 0 Å². The highest BCUT2D eigenvalue weighted by atomic mass is 16.5. The fourth-order valence-electron chi connectivity index (χ4n) is 1.56. The molecule has 1 atom stereocenters. The van der Waals surface area contributed by atoms with Crippen LogP contribution in [0, 0.1) is 0 Å². The monoisotopic (exact) mass is 289 g/mol. The molecule has 120 valence electrons. The number of hydrogen-bond donors (Lipinski definition) is 1. The van der Waals surface area contributed by atoms with Crippen LogP contribution in [0.4, 0.5) is 0 Å². The molecule has 0 aromatic rings. The van der Waals surface area contributed by atoms with Gasteiger partial charge in [-0.15, -0.1) is 0 Å². The molecule has 0 saturated carbocycles. The molecule has 0 radical (unpaired) electrons. The van der Waals surface area contributed by atoms with Gasteiger partial charge in [0.2, 0.25) is 0 Å². The summed E-state index contributed by atoms with van der Waals surface area (Å²) in [6.45, 7) is 14.0. The van der Waals surface area contributed by atoms with Crippen LogP contribution in [0.1, 0.15) is 48.0 Å². The van der Waals surface area contributed by atoms with E-state index in [0.29, 0.717) is 19.8 Å². The Bertz CT molecular complexity index is 276. The smallest absolute Gasteiger partial charge is 0.328 e. The zero-order chi connectivity index (χ0) is 15.6.